The van der Waals surface area contributed by atoms with Gasteiger partial charge in [-0.15, -0.1) is 12.4 Å². The number of pyridine rings is 1. The van der Waals surface area contributed by atoms with Crippen molar-refractivity contribution < 1.29 is 14.3 Å². The van der Waals surface area contributed by atoms with Crippen molar-refractivity contribution in [2.24, 2.45) is 5.73 Å². The Morgan fingerprint density at radius 2 is 1.89 bits per heavy atom. The van der Waals surface area contributed by atoms with Crippen molar-refractivity contribution in [3.8, 4) is 17.4 Å². The van der Waals surface area contributed by atoms with Crippen LogP contribution in [0.3, 0.4) is 0 Å². The van der Waals surface area contributed by atoms with Gasteiger partial charge in [-0.3, -0.25) is 4.79 Å². The number of hydrogen-bond donors (Lipinski definition) is 2. The number of amides is 1. The minimum Gasteiger partial charge on any atom is -0.490 e. The first-order valence-electron chi connectivity index (χ1n) is 9.02. The van der Waals surface area contributed by atoms with Gasteiger partial charge in [-0.05, 0) is 31.0 Å². The Labute approximate surface area is 166 Å². The maximum absolute atomic E-state index is 12.0. The number of nitrogens with zero attached hydrogens (tertiary/aromatic N) is 1. The normalized spacial score (nSPS) is 11.2. The van der Waals surface area contributed by atoms with Crippen LogP contribution in [0.5, 0.6) is 17.4 Å². The van der Waals surface area contributed by atoms with E-state index >= 15 is 0 Å². The number of benzene rings is 1. The fourth-order valence-electron chi connectivity index (χ4n) is 2.38. The largest absolute Gasteiger partial charge is 0.490 e. The lowest BCUT2D eigenvalue weighted by molar-refractivity contribution is -0.122. The predicted octanol–water partition coefficient (Wildman–Crippen LogP) is 3.83. The van der Waals surface area contributed by atoms with Gasteiger partial charge in [-0.2, -0.15) is 0 Å². The summed E-state index contributed by atoms with van der Waals surface area (Å²) in [6, 6.07) is 10.6. The summed E-state index contributed by atoms with van der Waals surface area (Å²) in [6.45, 7) is 4.96. The Hall–Kier alpha value is -2.31. The molecule has 7 heteroatoms. The van der Waals surface area contributed by atoms with Crippen LogP contribution < -0.4 is 20.5 Å². The van der Waals surface area contributed by atoms with Gasteiger partial charge in [-0.1, -0.05) is 38.5 Å². The molecule has 2 rings (SSSR count). The van der Waals surface area contributed by atoms with E-state index < -0.39 is 6.04 Å². The van der Waals surface area contributed by atoms with E-state index in [0.29, 0.717) is 37.0 Å². The molecule has 0 aliphatic heterocycles. The molecule has 1 aromatic heterocycles. The first-order chi connectivity index (χ1) is 12.7. The number of halogens is 1. The van der Waals surface area contributed by atoms with E-state index in [2.05, 4.69) is 10.3 Å². The smallest absolute Gasteiger partial charge is 0.237 e. The molecule has 2 aromatic rings. The van der Waals surface area contributed by atoms with Gasteiger partial charge in [0.2, 0.25) is 11.8 Å². The zero-order valence-electron chi connectivity index (χ0n) is 15.8. The Morgan fingerprint density at radius 3 is 2.59 bits per heavy atom. The summed E-state index contributed by atoms with van der Waals surface area (Å²) >= 11 is 0. The summed E-state index contributed by atoms with van der Waals surface area (Å²) in [7, 11) is 0. The van der Waals surface area contributed by atoms with Gasteiger partial charge in [0, 0.05) is 18.3 Å². The first kappa shape index (κ1) is 22.7. The number of rotatable bonds is 10. The number of nitrogens with two attached hydrogens (primary N) is 1. The average Bonchev–Trinajstić information content (AvgIpc) is 2.66. The highest BCUT2D eigenvalue weighted by molar-refractivity contribution is 5.85. The molecule has 27 heavy (non-hydrogen) atoms. The zero-order valence-corrected chi connectivity index (χ0v) is 16.6. The topological polar surface area (TPSA) is 86.5 Å². The van der Waals surface area contributed by atoms with Gasteiger partial charge in [0.15, 0.2) is 11.5 Å². The molecule has 0 aliphatic carbocycles. The van der Waals surface area contributed by atoms with Crippen molar-refractivity contribution in [1.82, 2.24) is 10.3 Å². The van der Waals surface area contributed by atoms with Gasteiger partial charge < -0.3 is 20.5 Å². The molecular formula is C20H28ClN3O3. The van der Waals surface area contributed by atoms with Crippen LogP contribution in [0.1, 0.15) is 38.7 Å². The van der Waals surface area contributed by atoms with Gasteiger partial charge in [0.1, 0.15) is 0 Å². The lowest BCUT2D eigenvalue weighted by Crippen LogP contribution is -2.40. The third kappa shape index (κ3) is 7.07. The van der Waals surface area contributed by atoms with Crippen molar-refractivity contribution >= 4 is 18.3 Å². The maximum atomic E-state index is 12.0. The van der Waals surface area contributed by atoms with Crippen LogP contribution in [0.15, 0.2) is 42.6 Å². The molecular weight excluding hydrogens is 366 g/mol. The molecule has 148 valence electrons. The zero-order chi connectivity index (χ0) is 18.8. The van der Waals surface area contributed by atoms with Crippen molar-refractivity contribution in [2.75, 3.05) is 6.61 Å². The second-order valence-electron chi connectivity index (χ2n) is 5.98. The lowest BCUT2D eigenvalue weighted by atomic mass is 10.1. The fraction of sp³-hybridized carbons (Fsp3) is 0.400. The molecule has 0 spiro atoms. The van der Waals surface area contributed by atoms with E-state index in [4.69, 9.17) is 15.2 Å². The lowest BCUT2D eigenvalue weighted by Gasteiger charge is -2.15. The van der Waals surface area contributed by atoms with Crippen molar-refractivity contribution in [3.05, 3.63) is 48.2 Å². The molecule has 0 saturated heterocycles. The number of para-hydroxylation sites is 2. The molecule has 0 aliphatic rings. The van der Waals surface area contributed by atoms with E-state index in [0.717, 1.165) is 18.4 Å². The van der Waals surface area contributed by atoms with Crippen LogP contribution in [-0.4, -0.2) is 23.5 Å². The molecule has 1 amide bonds. The standard InChI is InChI=1S/C20H27N3O3.ClH/c1-3-8-16(21)19(24)23-14-15-9-7-12-22-20(15)26-18-11-6-5-10-17(18)25-13-4-2;/h5-7,9-12,16H,3-4,8,13-14,21H2,1-2H3,(H,23,24);1H. The minimum atomic E-state index is -0.496. The Morgan fingerprint density at radius 1 is 1.15 bits per heavy atom. The average molecular weight is 394 g/mol. The highest BCUT2D eigenvalue weighted by atomic mass is 35.5. The summed E-state index contributed by atoms with van der Waals surface area (Å²) in [6.07, 6.45) is 4.08. The number of ether oxygens (including phenoxy) is 2. The molecule has 0 saturated carbocycles. The summed E-state index contributed by atoms with van der Waals surface area (Å²) in [4.78, 5) is 16.3. The van der Waals surface area contributed by atoms with Crippen LogP contribution in [0, 0.1) is 0 Å². The summed E-state index contributed by atoms with van der Waals surface area (Å²) in [5.41, 5.74) is 6.62. The van der Waals surface area contributed by atoms with Gasteiger partial charge >= 0.3 is 0 Å². The second kappa shape index (κ2) is 12.1. The van der Waals surface area contributed by atoms with Gasteiger partial charge in [0.05, 0.1) is 12.6 Å². The van der Waals surface area contributed by atoms with Crippen molar-refractivity contribution in [2.45, 2.75) is 45.7 Å². The molecule has 0 bridgehead atoms. The van der Waals surface area contributed by atoms with Gasteiger partial charge in [0.25, 0.3) is 0 Å². The van der Waals surface area contributed by atoms with E-state index in [-0.39, 0.29) is 18.3 Å². The summed E-state index contributed by atoms with van der Waals surface area (Å²) < 4.78 is 11.7. The quantitative estimate of drug-likeness (QED) is 0.640. The molecule has 0 fully saturated rings. The third-order valence-electron chi connectivity index (χ3n) is 3.76. The highest BCUT2D eigenvalue weighted by Crippen LogP contribution is 2.31. The Bertz CT molecular complexity index is 712. The van der Waals surface area contributed by atoms with Crippen LogP contribution in [0.2, 0.25) is 0 Å². The van der Waals surface area contributed by atoms with Crippen LogP contribution in [0.25, 0.3) is 0 Å². The molecule has 1 atom stereocenters. The number of aromatic nitrogens is 1. The first-order valence-corrected chi connectivity index (χ1v) is 9.02. The van der Waals surface area contributed by atoms with Crippen molar-refractivity contribution in [1.29, 1.82) is 0 Å². The van der Waals surface area contributed by atoms with Crippen LogP contribution >= 0.6 is 12.4 Å². The number of carbonyl (C=O) groups excluding carboxylic acids is 1. The number of carbonyl (C=O) groups is 1. The van der Waals surface area contributed by atoms with Crippen molar-refractivity contribution in [3.63, 3.8) is 0 Å². The van der Waals surface area contributed by atoms with Gasteiger partial charge in [-0.25, -0.2) is 4.98 Å². The molecule has 0 radical (unpaired) electrons. The maximum Gasteiger partial charge on any atom is 0.237 e. The van der Waals surface area contributed by atoms with E-state index in [9.17, 15) is 4.79 Å². The molecule has 1 aromatic carbocycles. The third-order valence-corrected chi connectivity index (χ3v) is 3.76. The van der Waals surface area contributed by atoms with Crippen LogP contribution in [0.4, 0.5) is 0 Å². The monoisotopic (exact) mass is 393 g/mol. The minimum absolute atomic E-state index is 0. The molecule has 1 unspecified atom stereocenters. The number of hydrogen-bond acceptors (Lipinski definition) is 5. The van der Waals surface area contributed by atoms with E-state index in [1.165, 1.54) is 0 Å². The molecule has 3 N–H and O–H groups in total. The number of nitrogens with one attached hydrogen (secondary N) is 1. The van der Waals surface area contributed by atoms with E-state index in [1.807, 2.05) is 44.2 Å². The Balaban J connectivity index is 0.00000364. The summed E-state index contributed by atoms with van der Waals surface area (Å²) in [5.74, 6) is 1.52. The SMILES string of the molecule is CCCOc1ccccc1Oc1ncccc1CNC(=O)C(N)CCC.Cl. The molecule has 6 nitrogen and oxygen atoms in total. The molecule has 1 heterocycles. The second-order valence-corrected chi connectivity index (χ2v) is 5.98. The van der Waals surface area contributed by atoms with E-state index in [1.54, 1.807) is 12.3 Å². The van der Waals surface area contributed by atoms with Crippen LogP contribution in [-0.2, 0) is 11.3 Å². The Kier molecular flexibility index (Phi) is 10.2. The fourth-order valence-corrected chi connectivity index (χ4v) is 2.38. The predicted molar refractivity (Wildman–Crippen MR) is 109 cm³/mol. The highest BCUT2D eigenvalue weighted by Gasteiger charge is 2.14. The summed E-state index contributed by atoms with van der Waals surface area (Å²) in [5, 5.41) is 2.84.